The molecule has 5 nitrogen and oxygen atoms in total. The first kappa shape index (κ1) is 11.3. The molecule has 1 aromatic rings. The molecule has 1 atom stereocenters. The van der Waals surface area contributed by atoms with Crippen molar-refractivity contribution in [3.05, 3.63) is 18.2 Å². The number of nitrogens with one attached hydrogen (secondary N) is 1. The number of imidazole rings is 1. The van der Waals surface area contributed by atoms with Crippen LogP contribution >= 0.6 is 0 Å². The summed E-state index contributed by atoms with van der Waals surface area (Å²) in [5.41, 5.74) is 0.478. The maximum absolute atomic E-state index is 12.2. The average Bonchev–Trinajstić information content (AvgIpc) is 3.02. The first-order valence-electron chi connectivity index (χ1n) is 7.32. The maximum Gasteiger partial charge on any atom is 0.318 e. The minimum Gasteiger partial charge on any atom is -0.333 e. The third-order valence-electron chi connectivity index (χ3n) is 5.02. The molecule has 1 N–H and O–H groups in total. The lowest BCUT2D eigenvalue weighted by atomic mass is 9.78. The Morgan fingerprint density at radius 3 is 2.95 bits per heavy atom. The monoisotopic (exact) mass is 260 g/mol. The van der Waals surface area contributed by atoms with Gasteiger partial charge in [-0.1, -0.05) is 12.8 Å². The van der Waals surface area contributed by atoms with Gasteiger partial charge in [0.2, 0.25) is 0 Å². The second-order valence-electron chi connectivity index (χ2n) is 6.33. The highest BCUT2D eigenvalue weighted by molar-refractivity contribution is 5.75. The highest BCUT2D eigenvalue weighted by Gasteiger charge is 2.46. The Hall–Kier alpha value is -1.52. The van der Waals surface area contributed by atoms with E-state index in [1.54, 1.807) is 0 Å². The zero-order chi connectivity index (χ0) is 12.9. The van der Waals surface area contributed by atoms with Crippen LogP contribution in [0.25, 0.3) is 0 Å². The fourth-order valence-electron chi connectivity index (χ4n) is 3.94. The van der Waals surface area contributed by atoms with E-state index < -0.39 is 0 Å². The van der Waals surface area contributed by atoms with Gasteiger partial charge in [-0.05, 0) is 19.3 Å². The second-order valence-corrected chi connectivity index (χ2v) is 6.33. The van der Waals surface area contributed by atoms with Crippen LogP contribution in [-0.4, -0.2) is 33.6 Å². The molecular formula is C14H20N4O. The molecule has 0 bridgehead atoms. The van der Waals surface area contributed by atoms with E-state index in [2.05, 4.69) is 14.9 Å². The lowest BCUT2D eigenvalue weighted by Gasteiger charge is -2.48. The van der Waals surface area contributed by atoms with Crippen LogP contribution in [0.3, 0.4) is 0 Å². The van der Waals surface area contributed by atoms with Crippen molar-refractivity contribution < 1.29 is 4.79 Å². The SMILES string of the molecule is O=C(NC1CCn2ccnc21)N1CC2(CCCC2)C1. The summed E-state index contributed by atoms with van der Waals surface area (Å²) < 4.78 is 2.12. The van der Waals surface area contributed by atoms with Crippen LogP contribution in [0.4, 0.5) is 4.79 Å². The molecule has 102 valence electrons. The molecule has 1 aromatic heterocycles. The van der Waals surface area contributed by atoms with Crippen molar-refractivity contribution in [2.45, 2.75) is 44.7 Å². The Kier molecular flexibility index (Phi) is 2.37. The van der Waals surface area contributed by atoms with Crippen molar-refractivity contribution in [3.8, 4) is 0 Å². The fraction of sp³-hybridized carbons (Fsp3) is 0.714. The van der Waals surface area contributed by atoms with Crippen molar-refractivity contribution in [2.75, 3.05) is 13.1 Å². The molecule has 1 saturated carbocycles. The molecule has 19 heavy (non-hydrogen) atoms. The lowest BCUT2D eigenvalue weighted by molar-refractivity contribution is 0.0359. The van der Waals surface area contributed by atoms with Crippen LogP contribution in [-0.2, 0) is 6.54 Å². The third kappa shape index (κ3) is 1.75. The molecule has 2 fully saturated rings. The van der Waals surface area contributed by atoms with Crippen LogP contribution in [0.2, 0.25) is 0 Å². The Morgan fingerprint density at radius 2 is 2.16 bits per heavy atom. The van der Waals surface area contributed by atoms with Crippen LogP contribution in [0, 0.1) is 5.41 Å². The van der Waals surface area contributed by atoms with Gasteiger partial charge in [0.1, 0.15) is 5.82 Å². The number of nitrogens with zero attached hydrogens (tertiary/aromatic N) is 3. The molecule has 2 amide bonds. The van der Waals surface area contributed by atoms with Crippen LogP contribution < -0.4 is 5.32 Å². The zero-order valence-electron chi connectivity index (χ0n) is 11.1. The number of carbonyl (C=O) groups excluding carboxylic acids is 1. The van der Waals surface area contributed by atoms with Crippen LogP contribution in [0.5, 0.6) is 0 Å². The van der Waals surface area contributed by atoms with Gasteiger partial charge in [-0.2, -0.15) is 0 Å². The van der Waals surface area contributed by atoms with Gasteiger partial charge in [0.15, 0.2) is 0 Å². The van der Waals surface area contributed by atoms with Crippen LogP contribution in [0.15, 0.2) is 12.4 Å². The van der Waals surface area contributed by atoms with Gasteiger partial charge >= 0.3 is 6.03 Å². The van der Waals surface area contributed by atoms with E-state index in [4.69, 9.17) is 0 Å². The van der Waals surface area contributed by atoms with Crippen molar-refractivity contribution in [3.63, 3.8) is 0 Å². The number of amides is 2. The van der Waals surface area contributed by atoms with Gasteiger partial charge in [-0.3, -0.25) is 0 Å². The molecule has 5 heteroatoms. The van der Waals surface area contributed by atoms with E-state index in [0.717, 1.165) is 31.9 Å². The van der Waals surface area contributed by atoms with Crippen molar-refractivity contribution >= 4 is 6.03 Å². The van der Waals surface area contributed by atoms with Crippen molar-refractivity contribution in [1.82, 2.24) is 19.8 Å². The molecule has 1 spiro atoms. The topological polar surface area (TPSA) is 50.2 Å². The predicted molar refractivity (Wildman–Crippen MR) is 70.6 cm³/mol. The van der Waals surface area contributed by atoms with Crippen LogP contribution in [0.1, 0.15) is 44.0 Å². The largest absolute Gasteiger partial charge is 0.333 e. The molecule has 3 aliphatic rings. The first-order chi connectivity index (χ1) is 9.26. The molecule has 1 aliphatic carbocycles. The average molecular weight is 260 g/mol. The summed E-state index contributed by atoms with van der Waals surface area (Å²) in [5.74, 6) is 1.00. The number of urea groups is 1. The Labute approximate surface area is 113 Å². The molecule has 4 rings (SSSR count). The number of hydrogen-bond donors (Lipinski definition) is 1. The number of rotatable bonds is 1. The minimum absolute atomic E-state index is 0.0963. The number of fused-ring (bicyclic) bond motifs is 1. The molecular weight excluding hydrogens is 240 g/mol. The lowest BCUT2D eigenvalue weighted by Crippen LogP contribution is -2.59. The van der Waals surface area contributed by atoms with E-state index in [9.17, 15) is 4.79 Å². The second kappa shape index (κ2) is 3.99. The number of likely N-dealkylation sites (tertiary alicyclic amines) is 1. The Bertz CT molecular complexity index is 495. The summed E-state index contributed by atoms with van der Waals surface area (Å²) >= 11 is 0. The predicted octanol–water partition coefficient (Wildman–Crippen LogP) is 1.91. The molecule has 1 unspecified atom stereocenters. The molecule has 2 aliphatic heterocycles. The highest BCUT2D eigenvalue weighted by atomic mass is 16.2. The summed E-state index contributed by atoms with van der Waals surface area (Å²) in [7, 11) is 0. The first-order valence-corrected chi connectivity index (χ1v) is 7.32. The maximum atomic E-state index is 12.2. The number of aryl methyl sites for hydroxylation is 1. The van der Waals surface area contributed by atoms with Gasteiger partial charge in [0.05, 0.1) is 6.04 Å². The molecule has 1 saturated heterocycles. The zero-order valence-corrected chi connectivity index (χ0v) is 11.1. The number of carbonyl (C=O) groups is 1. The standard InChI is InChI=1S/C14H20N4O/c19-13(18-9-14(10-18)4-1-2-5-14)16-11-3-7-17-8-6-15-12(11)17/h6,8,11H,1-5,7,9-10H2,(H,16,19). The van der Waals surface area contributed by atoms with Gasteiger partial charge in [-0.15, -0.1) is 0 Å². The third-order valence-corrected chi connectivity index (χ3v) is 5.02. The molecule has 0 radical (unpaired) electrons. The van der Waals surface area contributed by atoms with Gasteiger partial charge in [0.25, 0.3) is 0 Å². The fourth-order valence-corrected chi connectivity index (χ4v) is 3.94. The quantitative estimate of drug-likeness (QED) is 0.838. The molecule has 3 heterocycles. The summed E-state index contributed by atoms with van der Waals surface area (Å²) in [4.78, 5) is 18.5. The van der Waals surface area contributed by atoms with Gasteiger partial charge < -0.3 is 14.8 Å². The number of hydrogen-bond acceptors (Lipinski definition) is 2. The molecule has 0 aromatic carbocycles. The van der Waals surface area contributed by atoms with E-state index in [0.29, 0.717) is 5.41 Å². The normalized spacial score (nSPS) is 27.4. The van der Waals surface area contributed by atoms with Crippen molar-refractivity contribution in [2.24, 2.45) is 5.41 Å². The minimum atomic E-state index is 0.0963. The van der Waals surface area contributed by atoms with E-state index >= 15 is 0 Å². The summed E-state index contributed by atoms with van der Waals surface area (Å²) in [6.07, 6.45) is 10.1. The van der Waals surface area contributed by atoms with Crippen molar-refractivity contribution in [1.29, 1.82) is 0 Å². The van der Waals surface area contributed by atoms with E-state index in [1.165, 1.54) is 25.7 Å². The Morgan fingerprint density at radius 1 is 1.37 bits per heavy atom. The summed E-state index contributed by atoms with van der Waals surface area (Å²) in [6.45, 7) is 2.88. The summed E-state index contributed by atoms with van der Waals surface area (Å²) in [6, 6.07) is 0.196. The summed E-state index contributed by atoms with van der Waals surface area (Å²) in [5, 5.41) is 3.13. The highest BCUT2D eigenvalue weighted by Crippen LogP contribution is 2.45. The van der Waals surface area contributed by atoms with E-state index in [-0.39, 0.29) is 12.1 Å². The van der Waals surface area contributed by atoms with E-state index in [1.807, 2.05) is 17.3 Å². The number of aromatic nitrogens is 2. The Balaban J connectivity index is 1.36. The smallest absolute Gasteiger partial charge is 0.318 e. The van der Waals surface area contributed by atoms with Gasteiger partial charge in [-0.25, -0.2) is 9.78 Å². The van der Waals surface area contributed by atoms with Gasteiger partial charge in [0, 0.05) is 37.4 Å².